The van der Waals surface area contributed by atoms with Gasteiger partial charge in [0.1, 0.15) is 54.9 Å². The Morgan fingerprint density at radius 1 is 0.583 bits per heavy atom. The van der Waals surface area contributed by atoms with E-state index >= 15 is 0 Å². The molecular formula is C23H42O13. The molecule has 36 heavy (non-hydrogen) atoms. The topological polar surface area (TPSA) is 197 Å². The Labute approximate surface area is 210 Å². The van der Waals surface area contributed by atoms with Crippen molar-refractivity contribution in [1.82, 2.24) is 0 Å². The molecule has 0 aromatic rings. The second kappa shape index (κ2) is 14.6. The lowest BCUT2D eigenvalue weighted by molar-refractivity contribution is -0.227. The number of rotatable bonds is 15. The third kappa shape index (κ3) is 7.32. The monoisotopic (exact) mass is 526 g/mol. The van der Waals surface area contributed by atoms with Crippen LogP contribution >= 0.6 is 0 Å². The molecule has 0 saturated carbocycles. The standard InChI is InChI=1S/C23H42O13/c1-2-3-4-5-6-7-8-31-22-19(30)20(36-23-18(29)16(27)13(10-25)34-23)14(35-22)11-32-21-17(28)15(26)12(9-24)33-21/h12-30H,2-11H2,1H3/t12-,13-,14-,15-,16-,17+,18+,19+,20-,21+,22+,23-/m1/s1. The molecule has 0 radical (unpaired) electrons. The second-order valence-corrected chi connectivity index (χ2v) is 9.52. The predicted octanol–water partition coefficient (Wildman–Crippen LogP) is -2.27. The van der Waals surface area contributed by atoms with Gasteiger partial charge in [-0.25, -0.2) is 0 Å². The molecule has 3 rings (SSSR count). The molecule has 212 valence electrons. The molecule has 3 heterocycles. The van der Waals surface area contributed by atoms with Crippen LogP contribution in [-0.2, 0) is 28.4 Å². The molecule has 0 aromatic heterocycles. The Morgan fingerprint density at radius 3 is 1.72 bits per heavy atom. The van der Waals surface area contributed by atoms with Gasteiger partial charge in [-0.1, -0.05) is 39.0 Å². The predicted molar refractivity (Wildman–Crippen MR) is 120 cm³/mol. The number of ether oxygens (including phenoxy) is 6. The third-order valence-electron chi connectivity index (χ3n) is 6.78. The molecule has 3 aliphatic heterocycles. The van der Waals surface area contributed by atoms with Crippen molar-refractivity contribution in [1.29, 1.82) is 0 Å². The summed E-state index contributed by atoms with van der Waals surface area (Å²) in [6.45, 7) is 1.18. The largest absolute Gasteiger partial charge is 0.394 e. The molecule has 12 atom stereocenters. The first-order valence-corrected chi connectivity index (χ1v) is 12.8. The zero-order chi connectivity index (χ0) is 26.2. The maximum atomic E-state index is 10.9. The minimum absolute atomic E-state index is 0.264. The number of hydrogen-bond acceptors (Lipinski definition) is 13. The molecule has 7 N–H and O–H groups in total. The highest BCUT2D eigenvalue weighted by atomic mass is 16.8. The van der Waals surface area contributed by atoms with Crippen molar-refractivity contribution < 1.29 is 64.2 Å². The summed E-state index contributed by atoms with van der Waals surface area (Å²) < 4.78 is 33.5. The minimum atomic E-state index is -1.47. The van der Waals surface area contributed by atoms with E-state index in [9.17, 15) is 35.7 Å². The van der Waals surface area contributed by atoms with Crippen molar-refractivity contribution in [2.24, 2.45) is 0 Å². The van der Waals surface area contributed by atoms with Crippen molar-refractivity contribution in [3.05, 3.63) is 0 Å². The summed E-state index contributed by atoms with van der Waals surface area (Å²) in [5.41, 5.74) is 0. The lowest BCUT2D eigenvalue weighted by Gasteiger charge is -2.26. The fourth-order valence-electron chi connectivity index (χ4n) is 4.55. The lowest BCUT2D eigenvalue weighted by atomic mass is 10.1. The van der Waals surface area contributed by atoms with Crippen LogP contribution in [-0.4, -0.2) is 136 Å². The van der Waals surface area contributed by atoms with Crippen LogP contribution in [0.25, 0.3) is 0 Å². The maximum absolute atomic E-state index is 10.9. The fraction of sp³-hybridized carbons (Fsp3) is 1.00. The van der Waals surface area contributed by atoms with Gasteiger partial charge in [-0.2, -0.15) is 0 Å². The van der Waals surface area contributed by atoms with E-state index < -0.39 is 87.0 Å². The molecule has 0 spiro atoms. The van der Waals surface area contributed by atoms with Gasteiger partial charge >= 0.3 is 0 Å². The van der Waals surface area contributed by atoms with Crippen LogP contribution in [0.3, 0.4) is 0 Å². The number of aliphatic hydroxyl groups excluding tert-OH is 7. The average molecular weight is 527 g/mol. The fourth-order valence-corrected chi connectivity index (χ4v) is 4.55. The van der Waals surface area contributed by atoms with Crippen molar-refractivity contribution in [2.45, 2.75) is 119 Å². The summed E-state index contributed by atoms with van der Waals surface area (Å²) in [5, 5.41) is 69.7. The minimum Gasteiger partial charge on any atom is -0.394 e. The Bertz CT molecular complexity index is 627. The number of aliphatic hydroxyl groups is 7. The first-order chi connectivity index (χ1) is 17.3. The summed E-state index contributed by atoms with van der Waals surface area (Å²) in [6.07, 6.45) is -8.41. The van der Waals surface area contributed by atoms with E-state index in [-0.39, 0.29) is 6.61 Å². The van der Waals surface area contributed by atoms with Crippen molar-refractivity contribution in [3.8, 4) is 0 Å². The Morgan fingerprint density at radius 2 is 1.11 bits per heavy atom. The van der Waals surface area contributed by atoms with E-state index in [1.807, 2.05) is 0 Å². The van der Waals surface area contributed by atoms with Crippen LogP contribution in [0.2, 0.25) is 0 Å². The molecule has 3 fully saturated rings. The average Bonchev–Trinajstić information content (AvgIpc) is 3.44. The van der Waals surface area contributed by atoms with Crippen LogP contribution in [0.15, 0.2) is 0 Å². The first kappa shape index (κ1) is 30.0. The van der Waals surface area contributed by atoms with Gasteiger partial charge in [0, 0.05) is 6.61 Å². The van der Waals surface area contributed by atoms with E-state index in [0.29, 0.717) is 6.61 Å². The Kier molecular flexibility index (Phi) is 12.2. The molecule has 0 aromatic carbocycles. The summed E-state index contributed by atoms with van der Waals surface area (Å²) >= 11 is 0. The normalized spacial score (nSPS) is 43.0. The van der Waals surface area contributed by atoms with Crippen LogP contribution < -0.4 is 0 Å². The Balaban J connectivity index is 1.57. The number of hydrogen-bond donors (Lipinski definition) is 7. The van der Waals surface area contributed by atoms with Gasteiger partial charge in [0.05, 0.1) is 19.8 Å². The van der Waals surface area contributed by atoms with Gasteiger partial charge in [-0.05, 0) is 6.42 Å². The smallest absolute Gasteiger partial charge is 0.187 e. The van der Waals surface area contributed by atoms with Crippen molar-refractivity contribution in [2.75, 3.05) is 26.4 Å². The summed E-state index contributed by atoms with van der Waals surface area (Å²) in [4.78, 5) is 0. The highest BCUT2D eigenvalue weighted by molar-refractivity contribution is 4.93. The lowest BCUT2D eigenvalue weighted by Crippen LogP contribution is -2.44. The second-order valence-electron chi connectivity index (χ2n) is 9.52. The van der Waals surface area contributed by atoms with E-state index in [1.165, 1.54) is 6.42 Å². The third-order valence-corrected chi connectivity index (χ3v) is 6.78. The molecule has 13 nitrogen and oxygen atoms in total. The van der Waals surface area contributed by atoms with Crippen LogP contribution in [0.4, 0.5) is 0 Å². The van der Waals surface area contributed by atoms with Gasteiger partial charge < -0.3 is 64.2 Å². The molecule has 0 amide bonds. The van der Waals surface area contributed by atoms with Crippen LogP contribution in [0, 0.1) is 0 Å². The summed E-state index contributed by atoms with van der Waals surface area (Å²) in [6, 6.07) is 0. The molecular weight excluding hydrogens is 484 g/mol. The summed E-state index contributed by atoms with van der Waals surface area (Å²) in [5.74, 6) is 0. The Hall–Kier alpha value is -0.520. The van der Waals surface area contributed by atoms with Gasteiger partial charge in [0.15, 0.2) is 18.9 Å². The van der Waals surface area contributed by atoms with Gasteiger partial charge in [-0.3, -0.25) is 0 Å². The van der Waals surface area contributed by atoms with E-state index in [0.717, 1.165) is 32.1 Å². The first-order valence-electron chi connectivity index (χ1n) is 12.8. The molecule has 0 bridgehead atoms. The molecule has 0 unspecified atom stereocenters. The van der Waals surface area contributed by atoms with Crippen molar-refractivity contribution >= 4 is 0 Å². The molecule has 3 saturated heterocycles. The van der Waals surface area contributed by atoms with Crippen LogP contribution in [0.5, 0.6) is 0 Å². The van der Waals surface area contributed by atoms with Crippen molar-refractivity contribution in [3.63, 3.8) is 0 Å². The number of unbranched alkanes of at least 4 members (excludes halogenated alkanes) is 5. The molecule has 13 heteroatoms. The summed E-state index contributed by atoms with van der Waals surface area (Å²) in [7, 11) is 0. The van der Waals surface area contributed by atoms with E-state index in [2.05, 4.69) is 6.92 Å². The molecule has 0 aliphatic carbocycles. The van der Waals surface area contributed by atoms with Gasteiger partial charge in [0.25, 0.3) is 0 Å². The molecule has 3 aliphatic rings. The maximum Gasteiger partial charge on any atom is 0.187 e. The highest BCUT2D eigenvalue weighted by Gasteiger charge is 2.52. The highest BCUT2D eigenvalue weighted by Crippen LogP contribution is 2.32. The van der Waals surface area contributed by atoms with Gasteiger partial charge in [-0.15, -0.1) is 0 Å². The van der Waals surface area contributed by atoms with E-state index in [4.69, 9.17) is 28.4 Å². The SMILES string of the molecule is CCCCCCCCO[C@H]1O[C@H](CO[C@H]2O[C@H](CO)[C@@H](O)[C@@H]2O)[C@@H](O[C@H]2O[C@H](CO)[C@@H](O)[C@@H]2O)[C@@H]1O. The van der Waals surface area contributed by atoms with Crippen LogP contribution in [0.1, 0.15) is 45.4 Å². The zero-order valence-electron chi connectivity index (χ0n) is 20.6. The van der Waals surface area contributed by atoms with Gasteiger partial charge in [0.2, 0.25) is 0 Å². The quantitative estimate of drug-likeness (QED) is 0.113. The zero-order valence-corrected chi connectivity index (χ0v) is 20.6. The van der Waals surface area contributed by atoms with E-state index in [1.54, 1.807) is 0 Å².